The average Bonchev–Trinajstić information content (AvgIpc) is 2.80. The van der Waals surface area contributed by atoms with Crippen molar-refractivity contribution in [3.63, 3.8) is 0 Å². The summed E-state index contributed by atoms with van der Waals surface area (Å²) < 4.78 is 4.86. The van der Waals surface area contributed by atoms with Crippen molar-refractivity contribution in [2.24, 2.45) is 0 Å². The lowest BCUT2D eigenvalue weighted by Gasteiger charge is -2.20. The molecule has 120 valence electrons. The van der Waals surface area contributed by atoms with Gasteiger partial charge in [-0.15, -0.1) is 0 Å². The van der Waals surface area contributed by atoms with Crippen molar-refractivity contribution in [1.29, 1.82) is 0 Å². The number of carbonyl (C=O) groups is 2. The SMILES string of the molecule is COC(=O)[C@H](C)N1C(=O)/C(=C/c2cccc([N+](=O)[O-])c2)SC1=S. The molecule has 2 rings (SSSR count). The maximum Gasteiger partial charge on any atom is 0.328 e. The zero-order valence-electron chi connectivity index (χ0n) is 12.2. The molecule has 1 heterocycles. The number of esters is 1. The van der Waals surface area contributed by atoms with Gasteiger partial charge in [-0.2, -0.15) is 0 Å². The van der Waals surface area contributed by atoms with Gasteiger partial charge in [-0.05, 0) is 18.6 Å². The van der Waals surface area contributed by atoms with Crippen molar-refractivity contribution < 1.29 is 19.2 Å². The van der Waals surface area contributed by atoms with E-state index in [2.05, 4.69) is 4.74 Å². The number of hydrogen-bond acceptors (Lipinski definition) is 7. The molecule has 0 aromatic heterocycles. The number of thioether (sulfide) groups is 1. The molecule has 0 unspecified atom stereocenters. The van der Waals surface area contributed by atoms with E-state index in [0.29, 0.717) is 10.5 Å². The molecular weight excluding hydrogens is 340 g/mol. The first kappa shape index (κ1) is 17.1. The number of rotatable bonds is 4. The van der Waals surface area contributed by atoms with Crippen molar-refractivity contribution in [3.8, 4) is 0 Å². The van der Waals surface area contributed by atoms with Gasteiger partial charge in [0.2, 0.25) is 0 Å². The summed E-state index contributed by atoms with van der Waals surface area (Å²) in [4.78, 5) is 35.8. The van der Waals surface area contributed by atoms with Crippen LogP contribution in [0.1, 0.15) is 12.5 Å². The quantitative estimate of drug-likeness (QED) is 0.270. The average molecular weight is 352 g/mol. The molecule has 1 aliphatic heterocycles. The van der Waals surface area contributed by atoms with Gasteiger partial charge in [0.05, 0.1) is 16.9 Å². The van der Waals surface area contributed by atoms with Crippen molar-refractivity contribution in [1.82, 2.24) is 4.90 Å². The highest BCUT2D eigenvalue weighted by atomic mass is 32.2. The van der Waals surface area contributed by atoms with Gasteiger partial charge in [-0.1, -0.05) is 36.1 Å². The van der Waals surface area contributed by atoms with Crippen LogP contribution in [0.25, 0.3) is 6.08 Å². The smallest absolute Gasteiger partial charge is 0.328 e. The Morgan fingerprint density at radius 1 is 1.52 bits per heavy atom. The van der Waals surface area contributed by atoms with Crippen LogP contribution in [-0.2, 0) is 14.3 Å². The Morgan fingerprint density at radius 3 is 2.83 bits per heavy atom. The number of thiocarbonyl (C=S) groups is 1. The number of non-ortho nitro benzene ring substituents is 1. The summed E-state index contributed by atoms with van der Waals surface area (Å²) in [6.07, 6.45) is 1.51. The van der Waals surface area contributed by atoms with E-state index in [0.717, 1.165) is 11.8 Å². The summed E-state index contributed by atoms with van der Waals surface area (Å²) in [7, 11) is 1.23. The zero-order valence-corrected chi connectivity index (χ0v) is 13.8. The van der Waals surface area contributed by atoms with E-state index in [9.17, 15) is 19.7 Å². The molecule has 1 fully saturated rings. The topological polar surface area (TPSA) is 89.8 Å². The Morgan fingerprint density at radius 2 is 2.22 bits per heavy atom. The molecule has 23 heavy (non-hydrogen) atoms. The highest BCUT2D eigenvalue weighted by molar-refractivity contribution is 8.26. The molecule has 0 spiro atoms. The molecule has 1 aromatic rings. The number of benzene rings is 1. The molecule has 9 heteroatoms. The van der Waals surface area contributed by atoms with Gasteiger partial charge < -0.3 is 4.74 Å². The first-order valence-electron chi connectivity index (χ1n) is 6.44. The van der Waals surface area contributed by atoms with E-state index in [-0.39, 0.29) is 10.0 Å². The lowest BCUT2D eigenvalue weighted by atomic mass is 10.2. The predicted octanol–water partition coefficient (Wildman–Crippen LogP) is 2.36. The van der Waals surface area contributed by atoms with Gasteiger partial charge in [-0.3, -0.25) is 19.8 Å². The fourth-order valence-electron chi connectivity index (χ4n) is 1.97. The Balaban J connectivity index is 2.30. The Hall–Kier alpha value is -2.26. The van der Waals surface area contributed by atoms with Crippen LogP contribution in [0.3, 0.4) is 0 Å². The highest BCUT2D eigenvalue weighted by Crippen LogP contribution is 2.34. The fourth-order valence-corrected chi connectivity index (χ4v) is 3.39. The lowest BCUT2D eigenvalue weighted by Crippen LogP contribution is -2.42. The third kappa shape index (κ3) is 3.57. The van der Waals surface area contributed by atoms with Crippen LogP contribution in [0.15, 0.2) is 29.2 Å². The number of methoxy groups -OCH3 is 1. The minimum atomic E-state index is -0.830. The number of hydrogen-bond donors (Lipinski definition) is 0. The van der Waals surface area contributed by atoms with E-state index < -0.39 is 22.8 Å². The highest BCUT2D eigenvalue weighted by Gasteiger charge is 2.38. The first-order valence-corrected chi connectivity index (χ1v) is 7.67. The Labute approximate surface area is 141 Å². The number of nitrogens with zero attached hydrogens (tertiary/aromatic N) is 2. The fraction of sp³-hybridized carbons (Fsp3) is 0.214. The van der Waals surface area contributed by atoms with Gasteiger partial charge in [0.15, 0.2) is 0 Å². The molecule has 1 amide bonds. The molecule has 0 aliphatic carbocycles. The van der Waals surface area contributed by atoms with Crippen LogP contribution in [-0.4, -0.2) is 39.2 Å². The third-order valence-corrected chi connectivity index (χ3v) is 4.46. The maximum atomic E-state index is 12.4. The Kier molecular flexibility index (Phi) is 5.12. The predicted molar refractivity (Wildman–Crippen MR) is 89.6 cm³/mol. The maximum absolute atomic E-state index is 12.4. The van der Waals surface area contributed by atoms with Crippen LogP contribution in [0, 0.1) is 10.1 Å². The molecule has 0 saturated carbocycles. The number of nitro groups is 1. The van der Waals surface area contributed by atoms with Gasteiger partial charge in [0, 0.05) is 12.1 Å². The summed E-state index contributed by atoms with van der Waals surface area (Å²) in [6.45, 7) is 1.52. The molecule has 1 aliphatic rings. The standard InChI is InChI=1S/C14H12N2O5S2/c1-8(13(18)21-2)15-12(17)11(23-14(15)22)7-9-4-3-5-10(6-9)16(19)20/h3-8H,1-2H3/b11-7-/t8-/m0/s1. The second-order valence-electron chi connectivity index (χ2n) is 4.60. The third-order valence-electron chi connectivity index (χ3n) is 3.13. The largest absolute Gasteiger partial charge is 0.467 e. The summed E-state index contributed by atoms with van der Waals surface area (Å²) >= 11 is 6.17. The molecule has 1 atom stereocenters. The summed E-state index contributed by atoms with van der Waals surface area (Å²) in [5.74, 6) is -0.998. The normalized spacial score (nSPS) is 17.5. The minimum Gasteiger partial charge on any atom is -0.467 e. The first-order chi connectivity index (χ1) is 10.8. The van der Waals surface area contributed by atoms with Crippen LogP contribution < -0.4 is 0 Å². The monoisotopic (exact) mass is 352 g/mol. The van der Waals surface area contributed by atoms with Crippen molar-refractivity contribution in [2.75, 3.05) is 7.11 Å². The molecule has 7 nitrogen and oxygen atoms in total. The van der Waals surface area contributed by atoms with Crippen LogP contribution >= 0.6 is 24.0 Å². The number of ether oxygens (including phenoxy) is 1. The number of carbonyl (C=O) groups excluding carboxylic acids is 2. The van der Waals surface area contributed by atoms with E-state index in [1.54, 1.807) is 6.07 Å². The second kappa shape index (κ2) is 6.88. The van der Waals surface area contributed by atoms with E-state index in [1.807, 2.05) is 0 Å². The van der Waals surface area contributed by atoms with Crippen molar-refractivity contribution in [2.45, 2.75) is 13.0 Å². The van der Waals surface area contributed by atoms with Crippen LogP contribution in [0.5, 0.6) is 0 Å². The van der Waals surface area contributed by atoms with Crippen molar-refractivity contribution >= 4 is 51.9 Å². The van der Waals surface area contributed by atoms with Crippen LogP contribution in [0.4, 0.5) is 5.69 Å². The van der Waals surface area contributed by atoms with E-state index in [4.69, 9.17) is 12.2 Å². The molecular formula is C14H12N2O5S2. The van der Waals surface area contributed by atoms with Gasteiger partial charge in [-0.25, -0.2) is 4.79 Å². The molecule has 1 saturated heterocycles. The summed E-state index contributed by atoms with van der Waals surface area (Å²) in [5, 5.41) is 10.8. The van der Waals surface area contributed by atoms with Gasteiger partial charge in [0.25, 0.3) is 11.6 Å². The zero-order chi connectivity index (χ0) is 17.1. The van der Waals surface area contributed by atoms with Gasteiger partial charge >= 0.3 is 5.97 Å². The van der Waals surface area contributed by atoms with Crippen molar-refractivity contribution in [3.05, 3.63) is 44.8 Å². The van der Waals surface area contributed by atoms with E-state index in [1.165, 1.54) is 43.2 Å². The number of nitro benzene ring substituents is 1. The second-order valence-corrected chi connectivity index (χ2v) is 6.28. The molecule has 0 bridgehead atoms. The number of amides is 1. The molecule has 1 aromatic carbocycles. The molecule has 0 radical (unpaired) electrons. The van der Waals surface area contributed by atoms with E-state index >= 15 is 0 Å². The summed E-state index contributed by atoms with van der Waals surface area (Å²) in [5.41, 5.74) is 0.433. The van der Waals surface area contributed by atoms with Crippen LogP contribution in [0.2, 0.25) is 0 Å². The molecule has 0 N–H and O–H groups in total. The van der Waals surface area contributed by atoms with Gasteiger partial charge in [0.1, 0.15) is 10.4 Å². The lowest BCUT2D eigenvalue weighted by molar-refractivity contribution is -0.384. The summed E-state index contributed by atoms with van der Waals surface area (Å²) in [6, 6.07) is 5.06. The minimum absolute atomic E-state index is 0.0721. The Bertz CT molecular complexity index is 732.